The van der Waals surface area contributed by atoms with Gasteiger partial charge in [-0.3, -0.25) is 0 Å². The van der Waals surface area contributed by atoms with Gasteiger partial charge in [-0.05, 0) is 12.1 Å². The van der Waals surface area contributed by atoms with Crippen molar-refractivity contribution in [1.29, 1.82) is 0 Å². The van der Waals surface area contributed by atoms with Crippen molar-refractivity contribution in [2.24, 2.45) is 10.7 Å². The van der Waals surface area contributed by atoms with Crippen molar-refractivity contribution in [3.8, 4) is 11.5 Å². The molecule has 82 valence electrons. The van der Waals surface area contributed by atoms with Crippen LogP contribution >= 0.6 is 11.6 Å². The highest BCUT2D eigenvalue weighted by molar-refractivity contribution is 6.28. The van der Waals surface area contributed by atoms with Gasteiger partial charge >= 0.3 is 0 Å². The van der Waals surface area contributed by atoms with Gasteiger partial charge in [-0.15, -0.1) is 11.6 Å². The fraction of sp³-hybridized carbons (Fsp3) is 0.300. The topological polar surface area (TPSA) is 56.8 Å². The van der Waals surface area contributed by atoms with Crippen LogP contribution < -0.4 is 15.2 Å². The third kappa shape index (κ3) is 3.02. The molecule has 0 fully saturated rings. The number of amidine groups is 1. The average molecular weight is 229 g/mol. The number of hydrogen-bond acceptors (Lipinski definition) is 3. The zero-order valence-electron chi connectivity index (χ0n) is 8.66. The molecule has 2 N–H and O–H groups in total. The zero-order chi connectivity index (χ0) is 11.3. The summed E-state index contributed by atoms with van der Waals surface area (Å²) >= 11 is 5.52. The second-order valence-corrected chi connectivity index (χ2v) is 3.04. The van der Waals surface area contributed by atoms with Crippen LogP contribution in [0.15, 0.2) is 23.2 Å². The molecule has 0 aliphatic heterocycles. The first-order valence-corrected chi connectivity index (χ1v) is 4.85. The minimum absolute atomic E-state index is 0.203. The summed E-state index contributed by atoms with van der Waals surface area (Å²) in [5.74, 6) is 1.83. The molecule has 0 atom stereocenters. The maximum Gasteiger partial charge on any atom is 0.162 e. The number of nitrogens with two attached hydrogens (primary N) is 1. The first-order chi connectivity index (χ1) is 7.21. The van der Waals surface area contributed by atoms with E-state index < -0.39 is 0 Å². The van der Waals surface area contributed by atoms with E-state index in [-0.39, 0.29) is 5.88 Å². The van der Waals surface area contributed by atoms with Crippen molar-refractivity contribution < 1.29 is 9.47 Å². The largest absolute Gasteiger partial charge is 0.493 e. The third-order valence-corrected chi connectivity index (χ3v) is 2.05. The Balaban J connectivity index is 3.03. The van der Waals surface area contributed by atoms with Crippen LogP contribution in [0.3, 0.4) is 0 Å². The third-order valence-electron chi connectivity index (χ3n) is 1.78. The lowest BCUT2D eigenvalue weighted by molar-refractivity contribution is 0.355. The Labute approximate surface area is 93.7 Å². The summed E-state index contributed by atoms with van der Waals surface area (Å²) in [5, 5.41) is 0. The second kappa shape index (κ2) is 5.46. The standard InChI is InChI=1S/C10H13ClN2O2/c1-14-8-4-3-7(5-9(8)15-2)13-10(12)6-11/h3-5H,6H2,1-2H3,(H2,12,13). The Morgan fingerprint density at radius 1 is 1.33 bits per heavy atom. The van der Waals surface area contributed by atoms with Gasteiger partial charge in [0.1, 0.15) is 5.84 Å². The van der Waals surface area contributed by atoms with Crippen molar-refractivity contribution in [3.05, 3.63) is 18.2 Å². The van der Waals surface area contributed by atoms with E-state index in [0.29, 0.717) is 23.0 Å². The van der Waals surface area contributed by atoms with Crippen molar-refractivity contribution in [2.75, 3.05) is 20.1 Å². The number of rotatable bonds is 4. The van der Waals surface area contributed by atoms with E-state index in [1.807, 2.05) is 0 Å². The van der Waals surface area contributed by atoms with E-state index in [1.165, 1.54) is 0 Å². The smallest absolute Gasteiger partial charge is 0.162 e. The fourth-order valence-electron chi connectivity index (χ4n) is 1.09. The normalized spacial score (nSPS) is 11.3. The molecule has 15 heavy (non-hydrogen) atoms. The lowest BCUT2D eigenvalue weighted by atomic mass is 10.3. The highest BCUT2D eigenvalue weighted by Gasteiger charge is 2.03. The Hall–Kier alpha value is -1.42. The summed E-state index contributed by atoms with van der Waals surface area (Å²) < 4.78 is 10.2. The average Bonchev–Trinajstić information content (AvgIpc) is 2.28. The van der Waals surface area contributed by atoms with E-state index in [4.69, 9.17) is 26.8 Å². The Morgan fingerprint density at radius 2 is 2.00 bits per heavy atom. The van der Waals surface area contributed by atoms with Crippen LogP contribution in [0.4, 0.5) is 5.69 Å². The van der Waals surface area contributed by atoms with E-state index in [1.54, 1.807) is 32.4 Å². The van der Waals surface area contributed by atoms with Crippen molar-refractivity contribution in [3.63, 3.8) is 0 Å². The summed E-state index contributed by atoms with van der Waals surface area (Å²) in [6.45, 7) is 0. The predicted molar refractivity (Wildman–Crippen MR) is 61.5 cm³/mol. The van der Waals surface area contributed by atoms with Gasteiger partial charge in [-0.25, -0.2) is 4.99 Å². The van der Waals surface area contributed by atoms with Crippen LogP contribution in [0.25, 0.3) is 0 Å². The Morgan fingerprint density at radius 3 is 2.53 bits per heavy atom. The van der Waals surface area contributed by atoms with E-state index in [9.17, 15) is 0 Å². The quantitative estimate of drug-likeness (QED) is 0.487. The number of ether oxygens (including phenoxy) is 2. The lowest BCUT2D eigenvalue weighted by Crippen LogP contribution is -2.12. The van der Waals surface area contributed by atoms with E-state index in [0.717, 1.165) is 0 Å². The van der Waals surface area contributed by atoms with Gasteiger partial charge in [0.2, 0.25) is 0 Å². The van der Waals surface area contributed by atoms with Crippen LogP contribution in [0.1, 0.15) is 0 Å². The van der Waals surface area contributed by atoms with Crippen LogP contribution in [-0.2, 0) is 0 Å². The molecule has 0 heterocycles. The SMILES string of the molecule is COc1ccc(N=C(N)CCl)cc1OC. The monoisotopic (exact) mass is 228 g/mol. The summed E-state index contributed by atoms with van der Waals surface area (Å²) in [4.78, 5) is 4.09. The highest BCUT2D eigenvalue weighted by atomic mass is 35.5. The first-order valence-electron chi connectivity index (χ1n) is 4.32. The van der Waals surface area contributed by atoms with Gasteiger partial charge in [0.15, 0.2) is 11.5 Å². The summed E-state index contributed by atoms with van der Waals surface area (Å²) in [6, 6.07) is 5.28. The van der Waals surface area contributed by atoms with Crippen molar-refractivity contribution in [2.45, 2.75) is 0 Å². The van der Waals surface area contributed by atoms with Crippen LogP contribution in [0, 0.1) is 0 Å². The number of alkyl halides is 1. The lowest BCUT2D eigenvalue weighted by Gasteiger charge is -2.07. The molecule has 0 spiro atoms. The predicted octanol–water partition coefficient (Wildman–Crippen LogP) is 1.93. The summed E-state index contributed by atoms with van der Waals surface area (Å²) in [6.07, 6.45) is 0. The number of halogens is 1. The van der Waals surface area contributed by atoms with Crippen LogP contribution in [-0.4, -0.2) is 25.9 Å². The molecule has 1 aromatic carbocycles. The number of methoxy groups -OCH3 is 2. The van der Waals surface area contributed by atoms with Gasteiger partial charge in [-0.1, -0.05) is 0 Å². The minimum atomic E-state index is 0.203. The maximum absolute atomic E-state index is 5.52. The fourth-order valence-corrected chi connectivity index (χ4v) is 1.15. The molecular formula is C10H13ClN2O2. The highest BCUT2D eigenvalue weighted by Crippen LogP contribution is 2.30. The van der Waals surface area contributed by atoms with Crippen LogP contribution in [0.2, 0.25) is 0 Å². The van der Waals surface area contributed by atoms with E-state index >= 15 is 0 Å². The number of nitrogens with zero attached hydrogens (tertiary/aromatic N) is 1. The van der Waals surface area contributed by atoms with Gasteiger partial charge in [0.05, 0.1) is 25.8 Å². The molecule has 0 radical (unpaired) electrons. The van der Waals surface area contributed by atoms with Gasteiger partial charge < -0.3 is 15.2 Å². The second-order valence-electron chi connectivity index (χ2n) is 2.78. The number of benzene rings is 1. The zero-order valence-corrected chi connectivity index (χ0v) is 9.41. The summed E-state index contributed by atoms with van der Waals surface area (Å²) in [5.41, 5.74) is 6.20. The molecule has 1 rings (SSSR count). The number of hydrogen-bond donors (Lipinski definition) is 1. The van der Waals surface area contributed by atoms with Gasteiger partial charge in [0, 0.05) is 6.07 Å². The minimum Gasteiger partial charge on any atom is -0.493 e. The molecule has 0 saturated carbocycles. The molecular weight excluding hydrogens is 216 g/mol. The Bertz CT molecular complexity index is 366. The molecule has 0 saturated heterocycles. The summed E-state index contributed by atoms with van der Waals surface area (Å²) in [7, 11) is 3.14. The van der Waals surface area contributed by atoms with Gasteiger partial charge in [0.25, 0.3) is 0 Å². The molecule has 0 bridgehead atoms. The molecule has 0 aliphatic carbocycles. The molecule has 1 aromatic rings. The van der Waals surface area contributed by atoms with Crippen molar-refractivity contribution >= 4 is 23.1 Å². The molecule has 0 unspecified atom stereocenters. The first kappa shape index (κ1) is 11.7. The number of aliphatic imine (C=N–C) groups is 1. The molecule has 0 aliphatic rings. The molecule has 0 amide bonds. The molecule has 4 nitrogen and oxygen atoms in total. The van der Waals surface area contributed by atoms with Crippen molar-refractivity contribution in [1.82, 2.24) is 0 Å². The van der Waals surface area contributed by atoms with Gasteiger partial charge in [-0.2, -0.15) is 0 Å². The molecule has 0 aromatic heterocycles. The van der Waals surface area contributed by atoms with Crippen LogP contribution in [0.5, 0.6) is 11.5 Å². The Kier molecular flexibility index (Phi) is 4.24. The van der Waals surface area contributed by atoms with E-state index in [2.05, 4.69) is 4.99 Å². The molecule has 5 heteroatoms. The maximum atomic E-state index is 5.52.